The lowest BCUT2D eigenvalue weighted by molar-refractivity contribution is -0.114. The number of fused-ring (bicyclic) bond motifs is 1. The van der Waals surface area contributed by atoms with Crippen LogP contribution in [0.5, 0.6) is 0 Å². The van der Waals surface area contributed by atoms with Gasteiger partial charge < -0.3 is 10.6 Å². The zero-order valence-electron chi connectivity index (χ0n) is 14.1. The van der Waals surface area contributed by atoms with Gasteiger partial charge >= 0.3 is 0 Å². The third-order valence-corrected chi connectivity index (χ3v) is 3.87. The molecule has 0 aliphatic rings. The molecule has 128 valence electrons. The molecule has 3 rings (SSSR count). The molecule has 0 atom stereocenters. The van der Waals surface area contributed by atoms with Crippen LogP contribution in [0.2, 0.25) is 0 Å². The molecular formula is C20H20FN3O. The largest absolute Gasteiger partial charge is 0.312 e. The molecule has 25 heavy (non-hydrogen) atoms. The van der Waals surface area contributed by atoms with Crippen molar-refractivity contribution < 1.29 is 9.18 Å². The number of carbonyl (C=O) groups is 1. The summed E-state index contributed by atoms with van der Waals surface area (Å²) < 4.78 is 13.1. The molecule has 0 saturated carbocycles. The van der Waals surface area contributed by atoms with Crippen molar-refractivity contribution in [2.24, 2.45) is 0 Å². The van der Waals surface area contributed by atoms with Crippen molar-refractivity contribution in [3.63, 3.8) is 0 Å². The maximum Gasteiger partial charge on any atom is 0.222 e. The second-order valence-corrected chi connectivity index (χ2v) is 5.96. The first kappa shape index (κ1) is 17.0. The number of anilines is 1. The highest BCUT2D eigenvalue weighted by Crippen LogP contribution is 2.17. The van der Waals surface area contributed by atoms with E-state index in [1.165, 1.54) is 13.0 Å². The van der Waals surface area contributed by atoms with Crippen LogP contribution in [0, 0.1) is 5.82 Å². The van der Waals surface area contributed by atoms with E-state index in [9.17, 15) is 9.18 Å². The van der Waals surface area contributed by atoms with Gasteiger partial charge in [0.2, 0.25) is 5.91 Å². The fourth-order valence-corrected chi connectivity index (χ4v) is 2.69. The summed E-state index contributed by atoms with van der Waals surface area (Å²) in [6, 6.07) is 16.5. The molecule has 0 fully saturated rings. The predicted molar refractivity (Wildman–Crippen MR) is 97.9 cm³/mol. The van der Waals surface area contributed by atoms with E-state index in [0.717, 1.165) is 41.5 Å². The molecule has 5 heteroatoms. The molecular weight excluding hydrogens is 317 g/mol. The molecule has 0 bridgehead atoms. The van der Waals surface area contributed by atoms with Gasteiger partial charge in [0.15, 0.2) is 0 Å². The molecule has 0 unspecified atom stereocenters. The topological polar surface area (TPSA) is 54.0 Å². The van der Waals surface area contributed by atoms with E-state index in [2.05, 4.69) is 21.7 Å². The second-order valence-electron chi connectivity index (χ2n) is 5.96. The van der Waals surface area contributed by atoms with Crippen LogP contribution < -0.4 is 10.6 Å². The average Bonchev–Trinajstić information content (AvgIpc) is 2.58. The molecule has 1 amide bonds. The first-order valence-electron chi connectivity index (χ1n) is 8.22. The Balaban J connectivity index is 1.57. The molecule has 2 N–H and O–H groups in total. The van der Waals surface area contributed by atoms with Gasteiger partial charge in [-0.2, -0.15) is 0 Å². The normalized spacial score (nSPS) is 10.8. The number of hydrogen-bond donors (Lipinski definition) is 2. The van der Waals surface area contributed by atoms with Crippen molar-refractivity contribution in [2.75, 3.05) is 11.9 Å². The summed E-state index contributed by atoms with van der Waals surface area (Å²) in [4.78, 5) is 15.5. The van der Waals surface area contributed by atoms with Crippen molar-refractivity contribution >= 4 is 22.6 Å². The summed E-state index contributed by atoms with van der Waals surface area (Å²) in [6.45, 7) is 2.98. The summed E-state index contributed by atoms with van der Waals surface area (Å²) in [6.07, 6.45) is 0.785. The summed E-state index contributed by atoms with van der Waals surface area (Å²) >= 11 is 0. The number of nitrogens with one attached hydrogen (secondary N) is 2. The Morgan fingerprint density at radius 2 is 1.96 bits per heavy atom. The molecule has 0 aliphatic heterocycles. The minimum Gasteiger partial charge on any atom is -0.312 e. The SMILES string of the molecule is CC(=O)Nc1ccc2cc(CNCCc3cccc(F)c3)ccc2n1. The van der Waals surface area contributed by atoms with Crippen LogP contribution in [0.25, 0.3) is 10.9 Å². The zero-order valence-corrected chi connectivity index (χ0v) is 14.1. The molecule has 0 spiro atoms. The molecule has 1 aromatic heterocycles. The van der Waals surface area contributed by atoms with Gasteiger partial charge in [0, 0.05) is 18.9 Å². The van der Waals surface area contributed by atoms with Crippen molar-refractivity contribution in [3.05, 3.63) is 71.5 Å². The quantitative estimate of drug-likeness (QED) is 0.675. The summed E-state index contributed by atoms with van der Waals surface area (Å²) in [5.41, 5.74) is 2.98. The van der Waals surface area contributed by atoms with Gasteiger partial charge in [0.1, 0.15) is 11.6 Å². The van der Waals surface area contributed by atoms with Gasteiger partial charge in [0.25, 0.3) is 0 Å². The van der Waals surface area contributed by atoms with Crippen LogP contribution in [-0.4, -0.2) is 17.4 Å². The van der Waals surface area contributed by atoms with Gasteiger partial charge in [-0.15, -0.1) is 0 Å². The van der Waals surface area contributed by atoms with E-state index in [1.807, 2.05) is 24.3 Å². The maximum absolute atomic E-state index is 13.1. The lowest BCUT2D eigenvalue weighted by Crippen LogP contribution is -2.16. The fraction of sp³-hybridized carbons (Fsp3) is 0.200. The molecule has 0 saturated heterocycles. The van der Waals surface area contributed by atoms with Gasteiger partial charge in [-0.3, -0.25) is 4.79 Å². The molecule has 3 aromatic rings. The molecule has 2 aromatic carbocycles. The lowest BCUT2D eigenvalue weighted by Gasteiger charge is -2.08. The third kappa shape index (κ3) is 4.84. The Labute approximate surface area is 146 Å². The molecule has 1 heterocycles. The van der Waals surface area contributed by atoms with E-state index in [0.29, 0.717) is 5.82 Å². The smallest absolute Gasteiger partial charge is 0.222 e. The third-order valence-electron chi connectivity index (χ3n) is 3.87. The number of carbonyl (C=O) groups excluding carboxylic acids is 1. The van der Waals surface area contributed by atoms with Crippen molar-refractivity contribution in [1.29, 1.82) is 0 Å². The Hall–Kier alpha value is -2.79. The van der Waals surface area contributed by atoms with E-state index in [4.69, 9.17) is 0 Å². The minimum atomic E-state index is -0.196. The Morgan fingerprint density at radius 1 is 1.08 bits per heavy atom. The van der Waals surface area contributed by atoms with Crippen molar-refractivity contribution in [3.8, 4) is 0 Å². The average molecular weight is 337 g/mol. The van der Waals surface area contributed by atoms with Gasteiger partial charge in [-0.1, -0.05) is 18.2 Å². The van der Waals surface area contributed by atoms with E-state index < -0.39 is 0 Å². The maximum atomic E-state index is 13.1. The van der Waals surface area contributed by atoms with Gasteiger partial charge in [0.05, 0.1) is 5.52 Å². The van der Waals surface area contributed by atoms with Crippen LogP contribution in [-0.2, 0) is 17.8 Å². The number of aromatic nitrogens is 1. The fourth-order valence-electron chi connectivity index (χ4n) is 2.69. The van der Waals surface area contributed by atoms with E-state index in [1.54, 1.807) is 18.2 Å². The van der Waals surface area contributed by atoms with Crippen LogP contribution in [0.15, 0.2) is 54.6 Å². The lowest BCUT2D eigenvalue weighted by atomic mass is 10.1. The first-order valence-corrected chi connectivity index (χ1v) is 8.22. The van der Waals surface area contributed by atoms with Gasteiger partial charge in [-0.05, 0) is 60.5 Å². The molecule has 0 radical (unpaired) electrons. The van der Waals surface area contributed by atoms with Crippen molar-refractivity contribution in [2.45, 2.75) is 19.9 Å². The number of pyridine rings is 1. The Morgan fingerprint density at radius 3 is 2.76 bits per heavy atom. The predicted octanol–water partition coefficient (Wildman–Crippen LogP) is 3.66. The summed E-state index contributed by atoms with van der Waals surface area (Å²) in [5.74, 6) is 0.227. The van der Waals surface area contributed by atoms with E-state index in [-0.39, 0.29) is 11.7 Å². The Kier molecular flexibility index (Phi) is 5.36. The van der Waals surface area contributed by atoms with E-state index >= 15 is 0 Å². The summed E-state index contributed by atoms with van der Waals surface area (Å²) in [5, 5.41) is 7.08. The Bertz CT molecular complexity index is 895. The van der Waals surface area contributed by atoms with Crippen LogP contribution in [0.4, 0.5) is 10.2 Å². The van der Waals surface area contributed by atoms with Crippen LogP contribution in [0.3, 0.4) is 0 Å². The number of amides is 1. The van der Waals surface area contributed by atoms with Gasteiger partial charge in [-0.25, -0.2) is 9.37 Å². The molecule has 0 aliphatic carbocycles. The monoisotopic (exact) mass is 337 g/mol. The summed E-state index contributed by atoms with van der Waals surface area (Å²) in [7, 11) is 0. The number of rotatable bonds is 6. The van der Waals surface area contributed by atoms with Crippen LogP contribution >= 0.6 is 0 Å². The number of benzene rings is 2. The van der Waals surface area contributed by atoms with Crippen LogP contribution in [0.1, 0.15) is 18.1 Å². The first-order chi connectivity index (χ1) is 12.1. The highest BCUT2D eigenvalue weighted by molar-refractivity contribution is 5.89. The number of halogens is 1. The standard InChI is InChI=1S/C20H20FN3O/c1-14(25)23-20-8-6-17-11-16(5-7-19(17)24-20)13-22-10-9-15-3-2-4-18(21)12-15/h2-8,11-12,22H,9-10,13H2,1H3,(H,23,24,25). The number of nitrogens with zero attached hydrogens (tertiary/aromatic N) is 1. The number of hydrogen-bond acceptors (Lipinski definition) is 3. The second kappa shape index (κ2) is 7.85. The molecule has 4 nitrogen and oxygen atoms in total. The zero-order chi connectivity index (χ0) is 17.6. The highest BCUT2D eigenvalue weighted by Gasteiger charge is 2.02. The minimum absolute atomic E-state index is 0.133. The highest BCUT2D eigenvalue weighted by atomic mass is 19.1. The van der Waals surface area contributed by atoms with Crippen molar-refractivity contribution in [1.82, 2.24) is 10.3 Å².